The van der Waals surface area contributed by atoms with Crippen LogP contribution in [0.25, 0.3) is 0 Å². The lowest BCUT2D eigenvalue weighted by Crippen LogP contribution is -2.36. The van der Waals surface area contributed by atoms with Gasteiger partial charge in [-0.1, -0.05) is 44.0 Å². The van der Waals surface area contributed by atoms with Crippen molar-refractivity contribution in [3.63, 3.8) is 0 Å². The first-order valence-corrected chi connectivity index (χ1v) is 7.08. The summed E-state index contributed by atoms with van der Waals surface area (Å²) in [5.41, 5.74) is 0.534. The summed E-state index contributed by atoms with van der Waals surface area (Å²) in [7, 11) is 0. The zero-order valence-corrected chi connectivity index (χ0v) is 12.4. The number of amides is 1. The number of carbonyl (C=O) groups excluding carboxylic acids is 2. The van der Waals surface area contributed by atoms with Gasteiger partial charge in [-0.3, -0.25) is 4.79 Å². The molecule has 1 rings (SSSR count). The Morgan fingerprint density at radius 1 is 1.35 bits per heavy atom. The first-order chi connectivity index (χ1) is 9.45. The molecule has 0 saturated heterocycles. The predicted molar refractivity (Wildman–Crippen MR) is 77.3 cm³/mol. The largest absolute Gasteiger partial charge is 0.550 e. The highest BCUT2D eigenvalue weighted by Crippen LogP contribution is 2.23. The van der Waals surface area contributed by atoms with Crippen LogP contribution in [0.4, 0.5) is 5.69 Å². The van der Waals surface area contributed by atoms with Gasteiger partial charge in [-0.25, -0.2) is 0 Å². The van der Waals surface area contributed by atoms with Gasteiger partial charge in [0, 0.05) is 18.3 Å². The highest BCUT2D eigenvalue weighted by molar-refractivity contribution is 6.33. The first-order valence-electron chi connectivity index (χ1n) is 6.71. The number of benzene rings is 1. The number of para-hydroxylation sites is 1. The van der Waals surface area contributed by atoms with E-state index in [-0.39, 0.29) is 18.2 Å². The van der Waals surface area contributed by atoms with Crippen molar-refractivity contribution in [3.05, 3.63) is 29.3 Å². The number of hydrogen-bond acceptors (Lipinski definition) is 3. The number of rotatable bonds is 7. The van der Waals surface area contributed by atoms with E-state index in [1.165, 1.54) is 0 Å². The van der Waals surface area contributed by atoms with Crippen LogP contribution in [-0.4, -0.2) is 11.9 Å². The summed E-state index contributed by atoms with van der Waals surface area (Å²) in [4.78, 5) is 23.0. The Hall–Kier alpha value is -1.55. The van der Waals surface area contributed by atoms with Crippen LogP contribution in [0, 0.1) is 11.8 Å². The number of anilines is 1. The molecule has 0 unspecified atom stereocenters. The molecule has 0 aliphatic carbocycles. The van der Waals surface area contributed by atoms with Crippen molar-refractivity contribution in [2.75, 3.05) is 5.32 Å². The second-order valence-corrected chi connectivity index (χ2v) is 5.33. The summed E-state index contributed by atoms with van der Waals surface area (Å²) in [6.07, 6.45) is 1.39. The van der Waals surface area contributed by atoms with E-state index in [0.29, 0.717) is 17.1 Å². The molecule has 0 fully saturated rings. The second-order valence-electron chi connectivity index (χ2n) is 4.92. The smallest absolute Gasteiger partial charge is 0.224 e. The molecular formula is C15H19ClNO3-. The van der Waals surface area contributed by atoms with Gasteiger partial charge in [0.1, 0.15) is 0 Å². The average Bonchev–Trinajstić information content (AvgIpc) is 2.38. The van der Waals surface area contributed by atoms with Gasteiger partial charge >= 0.3 is 0 Å². The van der Waals surface area contributed by atoms with Crippen molar-refractivity contribution in [1.82, 2.24) is 0 Å². The Kier molecular flexibility index (Phi) is 6.52. The van der Waals surface area contributed by atoms with Crippen LogP contribution in [0.1, 0.15) is 33.1 Å². The van der Waals surface area contributed by atoms with Crippen molar-refractivity contribution >= 4 is 29.2 Å². The van der Waals surface area contributed by atoms with Gasteiger partial charge in [-0.2, -0.15) is 0 Å². The van der Waals surface area contributed by atoms with Crippen LogP contribution in [-0.2, 0) is 9.59 Å². The van der Waals surface area contributed by atoms with Gasteiger partial charge < -0.3 is 15.2 Å². The predicted octanol–water partition coefficient (Wildman–Crippen LogP) is 2.47. The van der Waals surface area contributed by atoms with Crippen LogP contribution in [0.3, 0.4) is 0 Å². The van der Waals surface area contributed by atoms with Gasteiger partial charge in [-0.15, -0.1) is 0 Å². The first kappa shape index (κ1) is 16.5. The number of carbonyl (C=O) groups is 2. The minimum Gasteiger partial charge on any atom is -0.550 e. The molecule has 5 heteroatoms. The second kappa shape index (κ2) is 7.90. The molecule has 0 heterocycles. The van der Waals surface area contributed by atoms with Gasteiger partial charge in [0.25, 0.3) is 0 Å². The minimum absolute atomic E-state index is 0.129. The van der Waals surface area contributed by atoms with E-state index in [4.69, 9.17) is 11.6 Å². The molecule has 0 radical (unpaired) electrons. The molecule has 1 N–H and O–H groups in total. The third-order valence-corrected chi connectivity index (χ3v) is 3.57. The van der Waals surface area contributed by atoms with E-state index in [2.05, 4.69) is 5.32 Å². The van der Waals surface area contributed by atoms with Crippen molar-refractivity contribution in [2.24, 2.45) is 11.8 Å². The van der Waals surface area contributed by atoms with Crippen LogP contribution in [0.15, 0.2) is 24.3 Å². The van der Waals surface area contributed by atoms with Crippen LogP contribution < -0.4 is 10.4 Å². The Labute approximate surface area is 124 Å². The van der Waals surface area contributed by atoms with Gasteiger partial charge in [0.15, 0.2) is 0 Å². The zero-order chi connectivity index (χ0) is 15.1. The molecule has 0 aliphatic heterocycles. The molecule has 0 aromatic heterocycles. The molecule has 4 nitrogen and oxygen atoms in total. The summed E-state index contributed by atoms with van der Waals surface area (Å²) >= 11 is 5.95. The van der Waals surface area contributed by atoms with E-state index in [1.54, 1.807) is 31.2 Å². The monoisotopic (exact) mass is 296 g/mol. The highest BCUT2D eigenvalue weighted by atomic mass is 35.5. The summed E-state index contributed by atoms with van der Waals surface area (Å²) in [5.74, 6) is -2.21. The molecule has 0 spiro atoms. The number of carboxylic acids is 1. The topological polar surface area (TPSA) is 69.2 Å². The maximum atomic E-state index is 11.9. The van der Waals surface area contributed by atoms with E-state index in [9.17, 15) is 14.7 Å². The number of hydrogen-bond donors (Lipinski definition) is 1. The normalized spacial score (nSPS) is 13.6. The maximum absolute atomic E-state index is 11.9. The Bertz CT molecular complexity index is 476. The van der Waals surface area contributed by atoms with Crippen molar-refractivity contribution in [3.8, 4) is 0 Å². The van der Waals surface area contributed by atoms with E-state index >= 15 is 0 Å². The summed E-state index contributed by atoms with van der Waals surface area (Å²) in [5, 5.41) is 14.2. The van der Waals surface area contributed by atoms with Crippen LogP contribution >= 0.6 is 11.6 Å². The van der Waals surface area contributed by atoms with Gasteiger partial charge in [0.2, 0.25) is 5.91 Å². The summed E-state index contributed by atoms with van der Waals surface area (Å²) < 4.78 is 0. The number of nitrogens with one attached hydrogen (secondary N) is 1. The molecule has 20 heavy (non-hydrogen) atoms. The highest BCUT2D eigenvalue weighted by Gasteiger charge is 2.20. The van der Waals surface area contributed by atoms with Crippen molar-refractivity contribution in [2.45, 2.75) is 33.1 Å². The standard InChI is InChI=1S/C15H20ClNO3/c1-3-6-11(15(19)20)10(2)9-14(18)17-13-8-5-4-7-12(13)16/h4-5,7-8,10-11H,3,6,9H2,1-2H3,(H,17,18)(H,19,20)/p-1/t10-,11-/m1/s1. The van der Waals surface area contributed by atoms with E-state index in [0.717, 1.165) is 6.42 Å². The van der Waals surface area contributed by atoms with Gasteiger partial charge in [-0.05, 0) is 24.5 Å². The van der Waals surface area contributed by atoms with Crippen LogP contribution in [0.5, 0.6) is 0 Å². The maximum Gasteiger partial charge on any atom is 0.224 e. The molecule has 0 saturated carbocycles. The average molecular weight is 297 g/mol. The SMILES string of the molecule is CCC[C@@H](C(=O)[O-])[C@H](C)CC(=O)Nc1ccccc1Cl. The fraction of sp³-hybridized carbons (Fsp3) is 0.467. The van der Waals surface area contributed by atoms with E-state index in [1.807, 2.05) is 6.92 Å². The molecule has 0 bridgehead atoms. The lowest BCUT2D eigenvalue weighted by atomic mass is 9.87. The molecule has 110 valence electrons. The third-order valence-electron chi connectivity index (χ3n) is 3.24. The lowest BCUT2D eigenvalue weighted by molar-refractivity contribution is -0.313. The number of aliphatic carboxylic acids is 1. The van der Waals surface area contributed by atoms with Gasteiger partial charge in [0.05, 0.1) is 10.7 Å². The number of carboxylic acid groups (broad SMARTS) is 1. The quantitative estimate of drug-likeness (QED) is 0.840. The fourth-order valence-corrected chi connectivity index (χ4v) is 2.33. The Morgan fingerprint density at radius 3 is 2.55 bits per heavy atom. The Morgan fingerprint density at radius 2 is 2.00 bits per heavy atom. The number of halogens is 1. The van der Waals surface area contributed by atoms with Crippen molar-refractivity contribution in [1.29, 1.82) is 0 Å². The zero-order valence-electron chi connectivity index (χ0n) is 11.7. The third kappa shape index (κ3) is 4.85. The summed E-state index contributed by atoms with van der Waals surface area (Å²) in [6, 6.07) is 6.93. The molecular weight excluding hydrogens is 278 g/mol. The fourth-order valence-electron chi connectivity index (χ4n) is 2.14. The molecule has 2 atom stereocenters. The van der Waals surface area contributed by atoms with Crippen LogP contribution in [0.2, 0.25) is 5.02 Å². The molecule has 1 aromatic carbocycles. The molecule has 0 aliphatic rings. The summed E-state index contributed by atoms with van der Waals surface area (Å²) in [6.45, 7) is 3.66. The minimum atomic E-state index is -1.09. The molecule has 1 aromatic rings. The van der Waals surface area contributed by atoms with Crippen molar-refractivity contribution < 1.29 is 14.7 Å². The van der Waals surface area contributed by atoms with E-state index < -0.39 is 11.9 Å². The lowest BCUT2D eigenvalue weighted by Gasteiger charge is -2.24. The molecule has 1 amide bonds. The Balaban J connectivity index is 2.61.